The van der Waals surface area contributed by atoms with E-state index >= 15 is 0 Å². The Kier molecular flexibility index (Phi) is 6.40. The van der Waals surface area contributed by atoms with E-state index in [4.69, 9.17) is 4.42 Å². The maximum Gasteiger partial charge on any atom is 0.347 e. The number of anilines is 1. The van der Waals surface area contributed by atoms with Crippen molar-refractivity contribution in [3.63, 3.8) is 0 Å². The van der Waals surface area contributed by atoms with E-state index < -0.39 is 5.63 Å². The van der Waals surface area contributed by atoms with E-state index in [1.54, 1.807) is 0 Å². The van der Waals surface area contributed by atoms with Gasteiger partial charge in [-0.25, -0.2) is 9.78 Å². The van der Waals surface area contributed by atoms with Gasteiger partial charge in [0, 0.05) is 42.6 Å². The van der Waals surface area contributed by atoms with Gasteiger partial charge in [0.2, 0.25) is 5.71 Å². The Morgan fingerprint density at radius 1 is 1.20 bits per heavy atom. The lowest BCUT2D eigenvalue weighted by Crippen LogP contribution is -2.43. The molecule has 1 saturated heterocycles. The third kappa shape index (κ3) is 3.95. The molecule has 0 atom stereocenters. The number of fused-ring (bicyclic) bond motifs is 1. The highest BCUT2D eigenvalue weighted by atomic mass is 35.5. The molecular weight excluding hydrogens is 383 g/mol. The summed E-state index contributed by atoms with van der Waals surface area (Å²) in [5, 5.41) is 6.73. The third-order valence-corrected chi connectivity index (χ3v) is 4.87. The van der Waals surface area contributed by atoms with Gasteiger partial charge in [-0.1, -0.05) is 0 Å². The molecule has 9 heteroatoms. The largest absolute Gasteiger partial charge is 0.403 e. The van der Waals surface area contributed by atoms with E-state index in [0.29, 0.717) is 16.3 Å². The predicted octanol–water partition coefficient (Wildman–Crippen LogP) is 2.87. The van der Waals surface area contributed by atoms with Crippen LogP contribution < -0.4 is 15.8 Å². The van der Waals surface area contributed by atoms with Gasteiger partial charge in [-0.05, 0) is 25.1 Å². The summed E-state index contributed by atoms with van der Waals surface area (Å²) in [6, 6.07) is 5.74. The van der Waals surface area contributed by atoms with Crippen molar-refractivity contribution in [1.82, 2.24) is 15.3 Å². The number of nitrogens with zero attached hydrogens (tertiary/aromatic N) is 3. The Bertz CT molecular complexity index is 922. The third-order valence-electron chi connectivity index (χ3n) is 3.87. The first-order valence-corrected chi connectivity index (χ1v) is 8.42. The summed E-state index contributed by atoms with van der Waals surface area (Å²) in [5.74, 6) is 0.847. The summed E-state index contributed by atoms with van der Waals surface area (Å²) in [5.41, 5.74) is 1.38. The smallest absolute Gasteiger partial charge is 0.347 e. The van der Waals surface area contributed by atoms with E-state index in [1.807, 2.05) is 30.5 Å². The Morgan fingerprint density at radius 2 is 1.96 bits per heavy atom. The fraction of sp³-hybridized carbons (Fsp3) is 0.312. The second-order valence-electron chi connectivity index (χ2n) is 5.54. The fourth-order valence-electron chi connectivity index (χ4n) is 2.69. The van der Waals surface area contributed by atoms with Crippen LogP contribution in [0.5, 0.6) is 0 Å². The second-order valence-corrected chi connectivity index (χ2v) is 6.40. The molecule has 4 heterocycles. The molecule has 134 valence electrons. The number of aryl methyl sites for hydroxylation is 1. The molecule has 3 aromatic rings. The summed E-state index contributed by atoms with van der Waals surface area (Å²) in [7, 11) is 0. The first-order chi connectivity index (χ1) is 11.2. The maximum absolute atomic E-state index is 12.3. The average Bonchev–Trinajstić information content (AvgIpc) is 3.01. The predicted molar refractivity (Wildman–Crippen MR) is 106 cm³/mol. The number of piperazine rings is 1. The normalized spacial score (nSPS) is 14.0. The van der Waals surface area contributed by atoms with Gasteiger partial charge in [0.05, 0.1) is 5.56 Å². The van der Waals surface area contributed by atoms with Crippen molar-refractivity contribution in [3.05, 3.63) is 39.7 Å². The zero-order valence-electron chi connectivity index (χ0n) is 13.5. The molecule has 0 saturated carbocycles. The van der Waals surface area contributed by atoms with Crippen LogP contribution in [0.15, 0.2) is 32.8 Å². The highest BCUT2D eigenvalue weighted by Crippen LogP contribution is 2.25. The molecular formula is C16H18Cl2N4O2S. The molecule has 3 aromatic heterocycles. The maximum atomic E-state index is 12.3. The van der Waals surface area contributed by atoms with Gasteiger partial charge in [-0.3, -0.25) is 0 Å². The van der Waals surface area contributed by atoms with Crippen LogP contribution in [-0.4, -0.2) is 36.1 Å². The molecule has 1 N–H and O–H groups in total. The van der Waals surface area contributed by atoms with Gasteiger partial charge in [-0.2, -0.15) is 4.98 Å². The Morgan fingerprint density at radius 3 is 2.64 bits per heavy atom. The van der Waals surface area contributed by atoms with Gasteiger partial charge >= 0.3 is 5.63 Å². The summed E-state index contributed by atoms with van der Waals surface area (Å²) in [6.07, 6.45) is 0. The SMILES string of the molecule is Cc1csc(-c2cc3ccc(N4CCNCC4)nc3oc2=O)n1.Cl.Cl. The molecule has 0 aliphatic carbocycles. The molecule has 4 rings (SSSR count). The lowest BCUT2D eigenvalue weighted by molar-refractivity contribution is 0.548. The summed E-state index contributed by atoms with van der Waals surface area (Å²) < 4.78 is 5.45. The quantitative estimate of drug-likeness (QED) is 0.712. The minimum absolute atomic E-state index is 0. The van der Waals surface area contributed by atoms with Crippen LogP contribution >= 0.6 is 36.2 Å². The van der Waals surface area contributed by atoms with Crippen molar-refractivity contribution in [2.45, 2.75) is 6.92 Å². The minimum atomic E-state index is -0.392. The Hall–Kier alpha value is -1.67. The number of pyridine rings is 1. The first kappa shape index (κ1) is 19.7. The number of thiazole rings is 1. The summed E-state index contributed by atoms with van der Waals surface area (Å²) in [4.78, 5) is 23.3. The summed E-state index contributed by atoms with van der Waals surface area (Å²) in [6.45, 7) is 5.58. The van der Waals surface area contributed by atoms with Crippen molar-refractivity contribution in [2.75, 3.05) is 31.1 Å². The number of halogens is 2. The lowest BCUT2D eigenvalue weighted by atomic mass is 10.2. The van der Waals surface area contributed by atoms with Crippen molar-refractivity contribution >= 4 is 53.1 Å². The van der Waals surface area contributed by atoms with Gasteiger partial charge in [0.25, 0.3) is 0 Å². The van der Waals surface area contributed by atoms with Crippen LogP contribution in [0, 0.1) is 6.92 Å². The first-order valence-electron chi connectivity index (χ1n) is 7.54. The van der Waals surface area contributed by atoms with Crippen molar-refractivity contribution in [3.8, 4) is 10.6 Å². The zero-order chi connectivity index (χ0) is 15.8. The van der Waals surface area contributed by atoms with E-state index in [9.17, 15) is 4.79 Å². The molecule has 0 aromatic carbocycles. The van der Waals surface area contributed by atoms with Crippen molar-refractivity contribution < 1.29 is 4.42 Å². The number of hydrogen-bond acceptors (Lipinski definition) is 7. The number of hydrogen-bond donors (Lipinski definition) is 1. The molecule has 1 aliphatic rings. The molecule has 1 fully saturated rings. The zero-order valence-corrected chi connectivity index (χ0v) is 16.0. The fourth-order valence-corrected chi connectivity index (χ4v) is 3.49. The van der Waals surface area contributed by atoms with Crippen LogP contribution in [0.3, 0.4) is 0 Å². The van der Waals surface area contributed by atoms with Crippen LogP contribution in [0.1, 0.15) is 5.69 Å². The summed E-state index contributed by atoms with van der Waals surface area (Å²) >= 11 is 1.44. The highest BCUT2D eigenvalue weighted by Gasteiger charge is 2.15. The number of rotatable bonds is 2. The Labute approximate surface area is 161 Å². The van der Waals surface area contributed by atoms with Crippen molar-refractivity contribution in [2.24, 2.45) is 0 Å². The number of nitrogens with one attached hydrogen (secondary N) is 1. The van der Waals surface area contributed by atoms with Gasteiger partial charge < -0.3 is 14.6 Å². The molecule has 0 unspecified atom stereocenters. The molecule has 0 bridgehead atoms. The number of aromatic nitrogens is 2. The molecule has 0 spiro atoms. The Balaban J connectivity index is 0.00000113. The molecule has 25 heavy (non-hydrogen) atoms. The molecule has 0 amide bonds. The average molecular weight is 401 g/mol. The van der Waals surface area contributed by atoms with Crippen LogP contribution in [0.2, 0.25) is 0 Å². The van der Waals surface area contributed by atoms with Gasteiger partial charge in [-0.15, -0.1) is 36.2 Å². The van der Waals surface area contributed by atoms with E-state index in [2.05, 4.69) is 20.2 Å². The minimum Gasteiger partial charge on any atom is -0.403 e. The molecule has 6 nitrogen and oxygen atoms in total. The highest BCUT2D eigenvalue weighted by molar-refractivity contribution is 7.13. The van der Waals surface area contributed by atoms with E-state index in [1.165, 1.54) is 11.3 Å². The molecule has 1 aliphatic heterocycles. The van der Waals surface area contributed by atoms with Crippen LogP contribution in [-0.2, 0) is 0 Å². The monoisotopic (exact) mass is 400 g/mol. The van der Waals surface area contributed by atoms with E-state index in [-0.39, 0.29) is 24.8 Å². The van der Waals surface area contributed by atoms with E-state index in [0.717, 1.165) is 43.1 Å². The second kappa shape index (κ2) is 8.14. The van der Waals surface area contributed by atoms with Crippen molar-refractivity contribution in [1.29, 1.82) is 0 Å². The standard InChI is InChI=1S/C16H16N4O2S.2ClH/c1-10-9-23-15(18-10)12-8-11-2-3-13(19-14(11)22-16(12)21)20-6-4-17-5-7-20;;/h2-3,8-9,17H,4-7H2,1H3;2*1H. The topological polar surface area (TPSA) is 71.3 Å². The lowest BCUT2D eigenvalue weighted by Gasteiger charge is -2.28. The van der Waals surface area contributed by atoms with Gasteiger partial charge in [0.15, 0.2) is 0 Å². The van der Waals surface area contributed by atoms with Crippen LogP contribution in [0.25, 0.3) is 21.7 Å². The van der Waals surface area contributed by atoms with Gasteiger partial charge in [0.1, 0.15) is 10.8 Å². The van der Waals surface area contributed by atoms with Crippen LogP contribution in [0.4, 0.5) is 5.82 Å². The molecule has 0 radical (unpaired) electrons.